The quantitative estimate of drug-likeness (QED) is 0.616. The lowest BCUT2D eigenvalue weighted by molar-refractivity contribution is -0.125. The van der Waals surface area contributed by atoms with E-state index in [1.54, 1.807) is 53.0 Å². The number of nitriles is 1. The minimum atomic E-state index is -0.302. The summed E-state index contributed by atoms with van der Waals surface area (Å²) in [5, 5.41) is 13.5. The molecule has 0 aliphatic carbocycles. The maximum absolute atomic E-state index is 13.2. The Morgan fingerprint density at radius 3 is 2.66 bits per heavy atom. The van der Waals surface area contributed by atoms with Gasteiger partial charge in [-0.1, -0.05) is 12.1 Å². The van der Waals surface area contributed by atoms with Crippen LogP contribution in [0.5, 0.6) is 0 Å². The topological polar surface area (TPSA) is 61.9 Å². The molecule has 1 amide bonds. The van der Waals surface area contributed by atoms with Gasteiger partial charge in [0.1, 0.15) is 5.82 Å². The van der Waals surface area contributed by atoms with Crippen LogP contribution in [0.4, 0.5) is 4.39 Å². The number of likely N-dealkylation sites (N-methyl/N-ethyl adjacent to an activating group) is 1. The van der Waals surface area contributed by atoms with Crippen molar-refractivity contribution in [2.75, 3.05) is 7.05 Å². The van der Waals surface area contributed by atoms with Crippen LogP contribution >= 0.6 is 0 Å². The van der Waals surface area contributed by atoms with E-state index in [-0.39, 0.29) is 11.7 Å². The molecule has 0 radical (unpaired) electrons. The monoisotopic (exact) mass is 388 g/mol. The predicted octanol–water partition coefficient (Wildman–Crippen LogP) is 4.17. The lowest BCUT2D eigenvalue weighted by Crippen LogP contribution is -2.24. The molecule has 3 rings (SSSR count). The molecule has 2 aromatic carbocycles. The van der Waals surface area contributed by atoms with Crippen LogP contribution in [0.25, 0.3) is 11.8 Å². The molecule has 3 aromatic rings. The van der Waals surface area contributed by atoms with Crippen LogP contribution in [0.2, 0.25) is 0 Å². The smallest absolute Gasteiger partial charge is 0.246 e. The van der Waals surface area contributed by atoms with E-state index in [1.807, 2.05) is 19.9 Å². The maximum atomic E-state index is 13.2. The molecule has 0 aliphatic rings. The van der Waals surface area contributed by atoms with Crippen molar-refractivity contribution in [3.05, 3.63) is 88.5 Å². The minimum absolute atomic E-state index is 0.152. The number of hydrogen-bond donors (Lipinski definition) is 0. The summed E-state index contributed by atoms with van der Waals surface area (Å²) >= 11 is 0. The van der Waals surface area contributed by atoms with Gasteiger partial charge >= 0.3 is 0 Å². The molecule has 0 unspecified atom stereocenters. The molecule has 0 aliphatic heterocycles. The molecule has 0 N–H and O–H groups in total. The van der Waals surface area contributed by atoms with E-state index in [9.17, 15) is 9.18 Å². The molecule has 0 bridgehead atoms. The van der Waals surface area contributed by atoms with E-state index in [0.717, 1.165) is 28.2 Å². The van der Waals surface area contributed by atoms with Gasteiger partial charge in [0, 0.05) is 30.9 Å². The van der Waals surface area contributed by atoms with Crippen LogP contribution in [-0.2, 0) is 11.3 Å². The number of nitrogens with zero attached hydrogens (tertiary/aromatic N) is 4. The summed E-state index contributed by atoms with van der Waals surface area (Å²) in [5.74, 6) is -0.454. The fraction of sp³-hybridized carbons (Fsp3) is 0.174. The third-order valence-corrected chi connectivity index (χ3v) is 4.66. The van der Waals surface area contributed by atoms with Gasteiger partial charge < -0.3 is 4.90 Å². The average molecular weight is 388 g/mol. The first-order valence-corrected chi connectivity index (χ1v) is 9.13. The van der Waals surface area contributed by atoms with Crippen molar-refractivity contribution in [3.63, 3.8) is 0 Å². The van der Waals surface area contributed by atoms with Crippen molar-refractivity contribution in [2.24, 2.45) is 0 Å². The van der Waals surface area contributed by atoms with Crippen LogP contribution < -0.4 is 0 Å². The summed E-state index contributed by atoms with van der Waals surface area (Å²) in [6, 6.07) is 15.4. The zero-order chi connectivity index (χ0) is 21.0. The Balaban J connectivity index is 1.76. The Hall–Kier alpha value is -3.72. The normalized spacial score (nSPS) is 10.9. The van der Waals surface area contributed by atoms with Gasteiger partial charge in [-0.2, -0.15) is 10.4 Å². The van der Waals surface area contributed by atoms with Crippen LogP contribution in [0.15, 0.2) is 54.6 Å². The van der Waals surface area contributed by atoms with Gasteiger partial charge in [0.05, 0.1) is 23.0 Å². The first-order chi connectivity index (χ1) is 13.9. The summed E-state index contributed by atoms with van der Waals surface area (Å²) in [5.41, 5.74) is 4.71. The predicted molar refractivity (Wildman–Crippen MR) is 110 cm³/mol. The van der Waals surface area contributed by atoms with Gasteiger partial charge in [0.25, 0.3) is 0 Å². The Morgan fingerprint density at radius 2 is 1.97 bits per heavy atom. The number of rotatable bonds is 5. The standard InChI is InChI=1S/C23H21FN4O/c1-16-22(17(2)28(26-16)21-9-7-20(24)8-10-21)11-12-23(29)27(3)15-19-6-4-5-18(13-19)14-25/h4-13H,15H2,1-3H3. The Kier molecular flexibility index (Phi) is 5.89. The molecule has 1 heterocycles. The lowest BCUT2D eigenvalue weighted by atomic mass is 10.1. The molecular formula is C23H21FN4O. The highest BCUT2D eigenvalue weighted by Crippen LogP contribution is 2.20. The molecule has 146 valence electrons. The van der Waals surface area contributed by atoms with E-state index in [4.69, 9.17) is 5.26 Å². The highest BCUT2D eigenvalue weighted by atomic mass is 19.1. The molecule has 29 heavy (non-hydrogen) atoms. The van der Waals surface area contributed by atoms with Gasteiger partial charge in [-0.25, -0.2) is 9.07 Å². The molecule has 6 heteroatoms. The van der Waals surface area contributed by atoms with Gasteiger partial charge in [-0.15, -0.1) is 0 Å². The largest absolute Gasteiger partial charge is 0.338 e. The second-order valence-corrected chi connectivity index (χ2v) is 6.81. The van der Waals surface area contributed by atoms with Crippen LogP contribution in [0.3, 0.4) is 0 Å². The fourth-order valence-corrected chi connectivity index (χ4v) is 3.10. The number of carbonyl (C=O) groups excluding carboxylic acids is 1. The summed E-state index contributed by atoms with van der Waals surface area (Å²) in [6.07, 6.45) is 3.27. The minimum Gasteiger partial charge on any atom is -0.338 e. The van der Waals surface area contributed by atoms with E-state index in [2.05, 4.69) is 11.2 Å². The van der Waals surface area contributed by atoms with Crippen LogP contribution in [0, 0.1) is 31.0 Å². The van der Waals surface area contributed by atoms with Gasteiger partial charge in [0.15, 0.2) is 0 Å². The third kappa shape index (κ3) is 4.58. The number of aromatic nitrogens is 2. The number of benzene rings is 2. The Labute approximate surface area is 169 Å². The first-order valence-electron chi connectivity index (χ1n) is 9.13. The lowest BCUT2D eigenvalue weighted by Gasteiger charge is -2.15. The van der Waals surface area contributed by atoms with Crippen molar-refractivity contribution in [3.8, 4) is 11.8 Å². The summed E-state index contributed by atoms with van der Waals surface area (Å²) in [7, 11) is 1.72. The van der Waals surface area contributed by atoms with Crippen molar-refractivity contribution >= 4 is 12.0 Å². The summed E-state index contributed by atoms with van der Waals surface area (Å²) in [4.78, 5) is 14.1. The Morgan fingerprint density at radius 1 is 1.24 bits per heavy atom. The second kappa shape index (κ2) is 8.53. The molecular weight excluding hydrogens is 367 g/mol. The molecule has 1 aromatic heterocycles. The van der Waals surface area contributed by atoms with Crippen LogP contribution in [0.1, 0.15) is 28.1 Å². The second-order valence-electron chi connectivity index (χ2n) is 6.81. The number of amides is 1. The van der Waals surface area contributed by atoms with E-state index < -0.39 is 0 Å². The van der Waals surface area contributed by atoms with E-state index >= 15 is 0 Å². The zero-order valence-corrected chi connectivity index (χ0v) is 16.6. The molecule has 0 atom stereocenters. The summed E-state index contributed by atoms with van der Waals surface area (Å²) < 4.78 is 14.9. The highest BCUT2D eigenvalue weighted by molar-refractivity contribution is 5.91. The SMILES string of the molecule is Cc1nn(-c2ccc(F)cc2)c(C)c1C=CC(=O)N(C)Cc1cccc(C#N)c1. The van der Waals surface area contributed by atoms with Crippen LogP contribution in [-0.4, -0.2) is 27.6 Å². The van der Waals surface area contributed by atoms with Gasteiger partial charge in [0.2, 0.25) is 5.91 Å². The van der Waals surface area contributed by atoms with Crippen molar-refractivity contribution in [2.45, 2.75) is 20.4 Å². The van der Waals surface area contributed by atoms with E-state index in [0.29, 0.717) is 12.1 Å². The fourth-order valence-electron chi connectivity index (χ4n) is 3.10. The molecule has 0 spiro atoms. The van der Waals surface area contributed by atoms with Gasteiger partial charge in [-0.05, 0) is 61.9 Å². The van der Waals surface area contributed by atoms with Crippen molar-refractivity contribution in [1.29, 1.82) is 5.26 Å². The van der Waals surface area contributed by atoms with Crippen molar-refractivity contribution in [1.82, 2.24) is 14.7 Å². The third-order valence-electron chi connectivity index (χ3n) is 4.66. The molecule has 0 fully saturated rings. The van der Waals surface area contributed by atoms with Gasteiger partial charge in [-0.3, -0.25) is 4.79 Å². The Bertz CT molecular complexity index is 1110. The molecule has 0 saturated carbocycles. The molecule has 5 nitrogen and oxygen atoms in total. The summed E-state index contributed by atoms with van der Waals surface area (Å²) in [6.45, 7) is 4.18. The van der Waals surface area contributed by atoms with E-state index in [1.165, 1.54) is 18.2 Å². The molecule has 0 saturated heterocycles. The highest BCUT2D eigenvalue weighted by Gasteiger charge is 2.12. The maximum Gasteiger partial charge on any atom is 0.246 e. The number of aryl methyl sites for hydroxylation is 1. The number of hydrogen-bond acceptors (Lipinski definition) is 3. The first kappa shape index (κ1) is 20.0. The van der Waals surface area contributed by atoms with Crippen molar-refractivity contribution < 1.29 is 9.18 Å². The zero-order valence-electron chi connectivity index (χ0n) is 16.6. The number of carbonyl (C=O) groups is 1. The average Bonchev–Trinajstić information content (AvgIpc) is 3.00. The number of halogens is 1.